The molecule has 58 valence electrons. The molecule has 1 aliphatic rings. The molecule has 1 aliphatic heterocycles. The topological polar surface area (TPSA) is 9.23 Å². The molecular weight excluding hydrogens is 124 g/mol. The molecule has 0 bridgehead atoms. The van der Waals surface area contributed by atoms with Gasteiger partial charge in [-0.2, -0.15) is 0 Å². The van der Waals surface area contributed by atoms with E-state index in [1.54, 1.807) is 0 Å². The van der Waals surface area contributed by atoms with E-state index in [9.17, 15) is 0 Å². The van der Waals surface area contributed by atoms with Crippen molar-refractivity contribution >= 4 is 0 Å². The maximum atomic E-state index is 5.87. The second-order valence-electron chi connectivity index (χ2n) is 3.05. The lowest BCUT2D eigenvalue weighted by Gasteiger charge is -2.26. The van der Waals surface area contributed by atoms with Gasteiger partial charge in [0.25, 0.3) is 0 Å². The quantitative estimate of drug-likeness (QED) is 0.571. The van der Waals surface area contributed by atoms with Crippen LogP contribution < -0.4 is 0 Å². The molecule has 0 N–H and O–H groups in total. The lowest BCUT2D eigenvalue weighted by Crippen LogP contribution is -2.23. The molecular formula is C9H16O. The normalized spacial score (nSPS) is 30.0. The molecule has 1 heteroatoms. The summed E-state index contributed by atoms with van der Waals surface area (Å²) < 4.78 is 5.33. The Labute approximate surface area is 63.8 Å². The Balaban J connectivity index is 2.24. The van der Waals surface area contributed by atoms with Gasteiger partial charge in [-0.15, -0.1) is 0 Å². The monoisotopic (exact) mass is 140 g/mol. The Kier molecular flexibility index (Phi) is 3.20. The van der Waals surface area contributed by atoms with Gasteiger partial charge >= 0.3 is 0 Å². The van der Waals surface area contributed by atoms with Crippen LogP contribution in [-0.2, 0) is 4.74 Å². The predicted molar refractivity (Wildman–Crippen MR) is 41.6 cm³/mol. The van der Waals surface area contributed by atoms with E-state index in [4.69, 9.17) is 11.7 Å². The van der Waals surface area contributed by atoms with Gasteiger partial charge in [-0.25, -0.2) is 0 Å². The van der Waals surface area contributed by atoms with Crippen molar-refractivity contribution in [2.24, 2.45) is 11.8 Å². The van der Waals surface area contributed by atoms with Crippen molar-refractivity contribution < 1.29 is 4.74 Å². The summed E-state index contributed by atoms with van der Waals surface area (Å²) in [6, 6.07) is 0. The van der Waals surface area contributed by atoms with Gasteiger partial charge in [0, 0.05) is 13.2 Å². The van der Waals surface area contributed by atoms with Crippen molar-refractivity contribution in [1.29, 1.82) is 0 Å². The van der Waals surface area contributed by atoms with E-state index in [2.05, 4.69) is 6.92 Å². The summed E-state index contributed by atoms with van der Waals surface area (Å²) in [6.07, 6.45) is 3.53. The van der Waals surface area contributed by atoms with Crippen LogP contribution in [0.2, 0.25) is 0 Å². The second kappa shape index (κ2) is 3.97. The van der Waals surface area contributed by atoms with E-state index in [0.29, 0.717) is 11.8 Å². The van der Waals surface area contributed by atoms with Gasteiger partial charge in [0.1, 0.15) is 0 Å². The van der Waals surface area contributed by atoms with Crippen molar-refractivity contribution in [3.8, 4) is 0 Å². The first kappa shape index (κ1) is 8.06. The highest BCUT2D eigenvalue weighted by Gasteiger charge is 2.18. The number of ether oxygens (including phenoxy) is 1. The average Bonchev–Trinajstić information content (AvgIpc) is 2.05. The summed E-state index contributed by atoms with van der Waals surface area (Å²) >= 11 is 0. The highest BCUT2D eigenvalue weighted by Crippen LogP contribution is 2.23. The van der Waals surface area contributed by atoms with Crippen LogP contribution in [0.3, 0.4) is 0 Å². The van der Waals surface area contributed by atoms with Crippen molar-refractivity contribution in [1.82, 2.24) is 0 Å². The standard InChI is InChI=1S/C9H16O/c1-3-8(2)9-5-4-6-10-7-9/h2,8-9H,3-7H2,1H3. The van der Waals surface area contributed by atoms with Crippen molar-refractivity contribution in [2.75, 3.05) is 13.2 Å². The SMILES string of the molecule is [CH]C(CC)C1CCCOC1. The zero-order valence-electron chi connectivity index (χ0n) is 6.68. The van der Waals surface area contributed by atoms with Crippen molar-refractivity contribution in [2.45, 2.75) is 26.2 Å². The van der Waals surface area contributed by atoms with Gasteiger partial charge in [0.05, 0.1) is 0 Å². The molecule has 0 amide bonds. The van der Waals surface area contributed by atoms with E-state index >= 15 is 0 Å². The van der Waals surface area contributed by atoms with Crippen LogP contribution in [0.4, 0.5) is 0 Å². The van der Waals surface area contributed by atoms with Crippen LogP contribution >= 0.6 is 0 Å². The van der Waals surface area contributed by atoms with Crippen molar-refractivity contribution in [3.05, 3.63) is 6.92 Å². The Morgan fingerprint density at radius 3 is 3.00 bits per heavy atom. The first-order valence-corrected chi connectivity index (χ1v) is 4.18. The second-order valence-corrected chi connectivity index (χ2v) is 3.05. The summed E-state index contributed by atoms with van der Waals surface area (Å²) in [5, 5.41) is 0. The first-order valence-electron chi connectivity index (χ1n) is 4.18. The minimum Gasteiger partial charge on any atom is -0.381 e. The van der Waals surface area contributed by atoms with Gasteiger partial charge in [0.2, 0.25) is 0 Å². The maximum absolute atomic E-state index is 5.87. The summed E-state index contributed by atoms with van der Waals surface area (Å²) in [5.41, 5.74) is 0. The lowest BCUT2D eigenvalue weighted by molar-refractivity contribution is 0.0379. The van der Waals surface area contributed by atoms with Crippen LogP contribution in [0.25, 0.3) is 0 Å². The minimum atomic E-state index is 0.361. The first-order chi connectivity index (χ1) is 4.84. The van der Waals surface area contributed by atoms with E-state index in [1.165, 1.54) is 12.8 Å². The Morgan fingerprint density at radius 2 is 2.50 bits per heavy atom. The van der Waals surface area contributed by atoms with E-state index < -0.39 is 0 Å². The number of hydrogen-bond donors (Lipinski definition) is 0. The molecule has 1 rings (SSSR count). The highest BCUT2D eigenvalue weighted by atomic mass is 16.5. The average molecular weight is 140 g/mol. The zero-order valence-corrected chi connectivity index (χ0v) is 6.68. The van der Waals surface area contributed by atoms with Gasteiger partial charge in [-0.3, -0.25) is 0 Å². The van der Waals surface area contributed by atoms with Gasteiger partial charge in [-0.1, -0.05) is 13.3 Å². The van der Waals surface area contributed by atoms with E-state index in [0.717, 1.165) is 19.6 Å². The number of hydrogen-bond acceptors (Lipinski definition) is 1. The Bertz CT molecular complexity index is 84.7. The Hall–Kier alpha value is -0.0400. The molecule has 1 nitrogen and oxygen atoms in total. The molecule has 0 aromatic heterocycles. The van der Waals surface area contributed by atoms with Crippen LogP contribution in [0, 0.1) is 18.8 Å². The molecule has 0 saturated carbocycles. The summed E-state index contributed by atoms with van der Waals surface area (Å²) in [4.78, 5) is 0. The van der Waals surface area contributed by atoms with Gasteiger partial charge in [0.15, 0.2) is 0 Å². The van der Waals surface area contributed by atoms with Gasteiger partial charge in [-0.05, 0) is 31.6 Å². The molecule has 2 radical (unpaired) electrons. The van der Waals surface area contributed by atoms with Crippen LogP contribution in [0.15, 0.2) is 0 Å². The fraction of sp³-hybridized carbons (Fsp3) is 0.889. The molecule has 2 atom stereocenters. The van der Waals surface area contributed by atoms with Crippen LogP contribution in [0.1, 0.15) is 26.2 Å². The third-order valence-electron chi connectivity index (χ3n) is 2.27. The summed E-state index contributed by atoms with van der Waals surface area (Å²) in [7, 11) is 0. The summed E-state index contributed by atoms with van der Waals surface area (Å²) in [5.74, 6) is 0.985. The number of rotatable bonds is 2. The van der Waals surface area contributed by atoms with E-state index in [1.807, 2.05) is 0 Å². The summed E-state index contributed by atoms with van der Waals surface area (Å²) in [6.45, 7) is 9.83. The third kappa shape index (κ3) is 1.98. The molecule has 10 heavy (non-hydrogen) atoms. The van der Waals surface area contributed by atoms with E-state index in [-0.39, 0.29) is 0 Å². The smallest absolute Gasteiger partial charge is 0.0497 e. The molecule has 1 fully saturated rings. The molecule has 0 aromatic carbocycles. The molecule has 2 unspecified atom stereocenters. The third-order valence-corrected chi connectivity index (χ3v) is 2.27. The molecule has 1 heterocycles. The van der Waals surface area contributed by atoms with Crippen LogP contribution in [0.5, 0.6) is 0 Å². The fourth-order valence-corrected chi connectivity index (χ4v) is 1.44. The predicted octanol–water partition coefficient (Wildman–Crippen LogP) is 2.15. The largest absolute Gasteiger partial charge is 0.381 e. The molecule has 0 spiro atoms. The zero-order chi connectivity index (χ0) is 7.40. The molecule has 0 aromatic rings. The maximum Gasteiger partial charge on any atom is 0.0497 e. The van der Waals surface area contributed by atoms with Gasteiger partial charge < -0.3 is 4.74 Å². The Morgan fingerprint density at radius 1 is 1.70 bits per heavy atom. The fourth-order valence-electron chi connectivity index (χ4n) is 1.44. The minimum absolute atomic E-state index is 0.361. The van der Waals surface area contributed by atoms with Crippen molar-refractivity contribution in [3.63, 3.8) is 0 Å². The van der Waals surface area contributed by atoms with Crippen LogP contribution in [-0.4, -0.2) is 13.2 Å². The molecule has 1 saturated heterocycles. The lowest BCUT2D eigenvalue weighted by atomic mass is 9.88. The highest BCUT2D eigenvalue weighted by molar-refractivity contribution is 4.72. The molecule has 0 aliphatic carbocycles.